The molecule has 0 radical (unpaired) electrons. The Labute approximate surface area is 148 Å². The van der Waals surface area contributed by atoms with Gasteiger partial charge >= 0.3 is 0 Å². The van der Waals surface area contributed by atoms with Crippen LogP contribution in [0.3, 0.4) is 0 Å². The molecule has 0 aromatic carbocycles. The molecule has 1 aromatic rings. The summed E-state index contributed by atoms with van der Waals surface area (Å²) in [7, 11) is 0. The summed E-state index contributed by atoms with van der Waals surface area (Å²) in [6, 6.07) is 4.56. The summed E-state index contributed by atoms with van der Waals surface area (Å²) >= 11 is 1.94. The number of allylic oxidation sites excluding steroid dienone is 5. The van der Waals surface area contributed by atoms with E-state index in [0.717, 1.165) is 18.8 Å². The zero-order valence-corrected chi connectivity index (χ0v) is 16.7. The van der Waals surface area contributed by atoms with Crippen molar-refractivity contribution in [2.45, 2.75) is 73.6 Å². The minimum atomic E-state index is 0.742. The Morgan fingerprint density at radius 3 is 2.26 bits per heavy atom. The Morgan fingerprint density at radius 1 is 0.957 bits per heavy atom. The normalized spacial score (nSPS) is 12.8. The van der Waals surface area contributed by atoms with Crippen LogP contribution < -0.4 is 0 Å². The van der Waals surface area contributed by atoms with Gasteiger partial charge in [-0.05, 0) is 83.9 Å². The van der Waals surface area contributed by atoms with Gasteiger partial charge in [-0.2, -0.15) is 0 Å². The second-order valence-electron chi connectivity index (χ2n) is 7.30. The zero-order chi connectivity index (χ0) is 17.2. The molecule has 128 valence electrons. The average Bonchev–Trinajstić information content (AvgIpc) is 2.84. The van der Waals surface area contributed by atoms with Gasteiger partial charge in [0.25, 0.3) is 0 Å². The third-order valence-electron chi connectivity index (χ3n) is 3.80. The minimum absolute atomic E-state index is 0.742. The molecule has 0 amide bonds. The monoisotopic (exact) mass is 330 g/mol. The topological polar surface area (TPSA) is 0 Å². The van der Waals surface area contributed by atoms with E-state index in [4.69, 9.17) is 0 Å². The number of hydrogen-bond donors (Lipinski definition) is 0. The van der Waals surface area contributed by atoms with Crippen molar-refractivity contribution in [3.8, 4) is 0 Å². The van der Waals surface area contributed by atoms with E-state index >= 15 is 0 Å². The molecule has 0 atom stereocenters. The highest BCUT2D eigenvalue weighted by atomic mass is 32.1. The van der Waals surface area contributed by atoms with Gasteiger partial charge in [0.15, 0.2) is 0 Å². The number of rotatable bonds is 9. The largest absolute Gasteiger partial charge is 0.141 e. The lowest BCUT2D eigenvalue weighted by molar-refractivity contribution is 0.654. The van der Waals surface area contributed by atoms with Crippen LogP contribution >= 0.6 is 11.3 Å². The van der Waals surface area contributed by atoms with Crippen LogP contribution in [0.5, 0.6) is 0 Å². The van der Waals surface area contributed by atoms with Crippen LogP contribution in [0.4, 0.5) is 0 Å². The minimum Gasteiger partial charge on any atom is -0.141 e. The maximum atomic E-state index is 2.41. The highest BCUT2D eigenvalue weighted by molar-refractivity contribution is 7.12. The quantitative estimate of drug-likeness (QED) is 0.405. The predicted octanol–water partition coefficient (Wildman–Crippen LogP) is 7.82. The molecule has 0 nitrogen and oxygen atoms in total. The van der Waals surface area contributed by atoms with Gasteiger partial charge in [0.2, 0.25) is 0 Å². The third-order valence-corrected chi connectivity index (χ3v) is 4.86. The first-order valence-electron chi connectivity index (χ1n) is 8.91. The van der Waals surface area contributed by atoms with E-state index in [1.807, 2.05) is 11.3 Å². The fraction of sp³-hybridized carbons (Fsp3) is 0.545. The molecule has 1 heterocycles. The Balaban J connectivity index is 2.41. The van der Waals surface area contributed by atoms with Crippen LogP contribution in [0.15, 0.2) is 41.0 Å². The van der Waals surface area contributed by atoms with Gasteiger partial charge in [0.05, 0.1) is 0 Å². The molecule has 0 aliphatic carbocycles. The molecule has 0 aliphatic heterocycles. The van der Waals surface area contributed by atoms with Crippen molar-refractivity contribution in [3.05, 3.63) is 50.8 Å². The van der Waals surface area contributed by atoms with E-state index in [9.17, 15) is 0 Å². The summed E-state index contributed by atoms with van der Waals surface area (Å²) in [6.07, 6.45) is 13.0. The van der Waals surface area contributed by atoms with E-state index < -0.39 is 0 Å². The predicted molar refractivity (Wildman–Crippen MR) is 108 cm³/mol. The van der Waals surface area contributed by atoms with Crippen LogP contribution in [-0.4, -0.2) is 0 Å². The summed E-state index contributed by atoms with van der Waals surface area (Å²) < 4.78 is 0. The standard InChI is InChI=1S/C22H34S/c1-17(2)9-7-10-19(5)11-8-12-20(6)16-22-14-13-21(23-22)15-18(3)4/h9,11,13-14,16,18H,7-8,10,12,15H2,1-6H3/b19-11+,20-16+. The smallest absolute Gasteiger partial charge is 0.0272 e. The fourth-order valence-electron chi connectivity index (χ4n) is 2.54. The maximum Gasteiger partial charge on any atom is 0.0272 e. The van der Waals surface area contributed by atoms with E-state index in [0.29, 0.717) is 0 Å². The average molecular weight is 331 g/mol. The zero-order valence-electron chi connectivity index (χ0n) is 15.9. The molecule has 0 saturated carbocycles. The second kappa shape index (κ2) is 10.6. The van der Waals surface area contributed by atoms with Gasteiger partial charge in [0, 0.05) is 9.75 Å². The summed E-state index contributed by atoms with van der Waals surface area (Å²) in [6.45, 7) is 13.4. The molecule has 0 fully saturated rings. The summed E-state index contributed by atoms with van der Waals surface area (Å²) in [5.74, 6) is 0.742. The van der Waals surface area contributed by atoms with Crippen LogP contribution in [0.2, 0.25) is 0 Å². The van der Waals surface area contributed by atoms with E-state index in [1.54, 1.807) is 0 Å². The lowest BCUT2D eigenvalue weighted by atomic mass is 10.1. The van der Waals surface area contributed by atoms with Crippen molar-refractivity contribution in [1.82, 2.24) is 0 Å². The molecule has 0 saturated heterocycles. The van der Waals surface area contributed by atoms with Gasteiger partial charge in [0.1, 0.15) is 0 Å². The van der Waals surface area contributed by atoms with Gasteiger partial charge in [-0.3, -0.25) is 0 Å². The van der Waals surface area contributed by atoms with Crippen molar-refractivity contribution in [2.75, 3.05) is 0 Å². The molecule has 0 unspecified atom stereocenters. The van der Waals surface area contributed by atoms with E-state index in [-0.39, 0.29) is 0 Å². The molecule has 1 rings (SSSR count). The van der Waals surface area contributed by atoms with Crippen molar-refractivity contribution < 1.29 is 0 Å². The Bertz CT molecular complexity index is 548. The Morgan fingerprint density at radius 2 is 1.61 bits per heavy atom. The van der Waals surface area contributed by atoms with Gasteiger partial charge in [-0.25, -0.2) is 0 Å². The van der Waals surface area contributed by atoms with Gasteiger partial charge in [-0.15, -0.1) is 11.3 Å². The summed E-state index contributed by atoms with van der Waals surface area (Å²) in [5.41, 5.74) is 4.42. The lowest BCUT2D eigenvalue weighted by Crippen LogP contribution is -1.89. The van der Waals surface area contributed by atoms with Gasteiger partial charge < -0.3 is 0 Å². The molecule has 0 N–H and O–H groups in total. The van der Waals surface area contributed by atoms with Crippen molar-refractivity contribution >= 4 is 17.4 Å². The van der Waals surface area contributed by atoms with Crippen LogP contribution in [0.25, 0.3) is 6.08 Å². The molecular formula is C22H34S. The summed E-state index contributed by atoms with van der Waals surface area (Å²) in [5, 5.41) is 0. The fourth-order valence-corrected chi connectivity index (χ4v) is 3.79. The SMILES string of the molecule is CC(C)=CCC/C(C)=C/CC/C(C)=C/c1ccc(CC(C)C)s1. The van der Waals surface area contributed by atoms with E-state index in [1.165, 1.54) is 45.7 Å². The maximum absolute atomic E-state index is 2.41. The summed E-state index contributed by atoms with van der Waals surface area (Å²) in [4.78, 5) is 2.91. The highest BCUT2D eigenvalue weighted by Gasteiger charge is 2.01. The third kappa shape index (κ3) is 9.61. The molecule has 0 bridgehead atoms. The first-order valence-corrected chi connectivity index (χ1v) is 9.73. The molecule has 1 aromatic heterocycles. The second-order valence-corrected chi connectivity index (χ2v) is 8.50. The molecule has 23 heavy (non-hydrogen) atoms. The van der Waals surface area contributed by atoms with E-state index in [2.05, 4.69) is 71.9 Å². The molecular weight excluding hydrogens is 296 g/mol. The lowest BCUT2D eigenvalue weighted by Gasteiger charge is -2.01. The highest BCUT2D eigenvalue weighted by Crippen LogP contribution is 2.23. The number of hydrogen-bond acceptors (Lipinski definition) is 1. The van der Waals surface area contributed by atoms with Crippen LogP contribution in [0, 0.1) is 5.92 Å². The van der Waals surface area contributed by atoms with Crippen molar-refractivity contribution in [3.63, 3.8) is 0 Å². The first kappa shape index (κ1) is 20.0. The number of thiophene rings is 1. The molecule has 1 heteroatoms. The first-order chi connectivity index (χ1) is 10.9. The molecule has 0 spiro atoms. The van der Waals surface area contributed by atoms with Crippen molar-refractivity contribution in [2.24, 2.45) is 5.92 Å². The molecule has 0 aliphatic rings. The van der Waals surface area contributed by atoms with Gasteiger partial charge in [-0.1, -0.05) is 42.7 Å². The van der Waals surface area contributed by atoms with Crippen LogP contribution in [0.1, 0.15) is 77.0 Å². The Kier molecular flexibility index (Phi) is 9.24. The van der Waals surface area contributed by atoms with Crippen molar-refractivity contribution in [1.29, 1.82) is 0 Å². The Hall–Kier alpha value is -1.08. The van der Waals surface area contributed by atoms with Crippen LogP contribution in [-0.2, 0) is 6.42 Å².